The van der Waals surface area contributed by atoms with Gasteiger partial charge in [-0.3, -0.25) is 14.2 Å². The highest BCUT2D eigenvalue weighted by molar-refractivity contribution is 6.42. The summed E-state index contributed by atoms with van der Waals surface area (Å²) in [6.45, 7) is 0.527. The smallest absolute Gasteiger partial charge is 0.260 e. The summed E-state index contributed by atoms with van der Waals surface area (Å²) in [4.78, 5) is 12.0. The van der Waals surface area contributed by atoms with Crippen molar-refractivity contribution in [2.45, 2.75) is 6.54 Å². The van der Waals surface area contributed by atoms with Gasteiger partial charge in [0.25, 0.3) is 5.91 Å². The van der Waals surface area contributed by atoms with Crippen molar-refractivity contribution in [3.8, 4) is 0 Å². The number of amides is 1. The van der Waals surface area contributed by atoms with E-state index in [2.05, 4.69) is 15.5 Å². The minimum Gasteiger partial charge on any atom is -0.305 e. The number of halogens is 2. The molecule has 1 aromatic carbocycles. The largest absolute Gasteiger partial charge is 0.305 e. The average Bonchev–Trinajstić information content (AvgIpc) is 3.12. The summed E-state index contributed by atoms with van der Waals surface area (Å²) in [7, 11) is 1.75. The second-order valence-corrected chi connectivity index (χ2v) is 5.82. The Bertz CT molecular complexity index is 855. The van der Waals surface area contributed by atoms with Gasteiger partial charge < -0.3 is 5.32 Å². The lowest BCUT2D eigenvalue weighted by molar-refractivity contribution is 0.102. The van der Waals surface area contributed by atoms with Crippen LogP contribution in [-0.2, 0) is 13.6 Å². The number of rotatable bonds is 4. The molecule has 1 N–H and O–H groups in total. The summed E-state index contributed by atoms with van der Waals surface area (Å²) in [6, 6.07) is 7.14. The van der Waals surface area contributed by atoms with Crippen LogP contribution in [0.2, 0.25) is 10.0 Å². The van der Waals surface area contributed by atoms with Crippen LogP contribution in [0.1, 0.15) is 15.9 Å². The Morgan fingerprint density at radius 3 is 2.78 bits per heavy atom. The number of nitrogens with one attached hydrogen (secondary N) is 1. The molecule has 0 saturated heterocycles. The van der Waals surface area contributed by atoms with Crippen LogP contribution in [-0.4, -0.2) is 25.5 Å². The number of anilines is 1. The van der Waals surface area contributed by atoms with Gasteiger partial charge in [-0.1, -0.05) is 29.3 Å². The van der Waals surface area contributed by atoms with E-state index in [4.69, 9.17) is 23.2 Å². The minimum absolute atomic E-state index is 0.252. The number of benzene rings is 1. The summed E-state index contributed by atoms with van der Waals surface area (Å²) in [5.41, 5.74) is 1.44. The third-order valence-electron chi connectivity index (χ3n) is 3.18. The second-order valence-electron chi connectivity index (χ2n) is 5.00. The molecule has 0 spiro atoms. The summed E-state index contributed by atoms with van der Waals surface area (Å²) in [6.07, 6.45) is 4.92. The summed E-state index contributed by atoms with van der Waals surface area (Å²) >= 11 is 11.9. The Labute approximate surface area is 142 Å². The van der Waals surface area contributed by atoms with Crippen LogP contribution in [0.3, 0.4) is 0 Å². The molecule has 8 heteroatoms. The van der Waals surface area contributed by atoms with Crippen molar-refractivity contribution in [1.29, 1.82) is 0 Å². The van der Waals surface area contributed by atoms with Crippen LogP contribution in [0, 0.1) is 0 Å². The molecule has 3 rings (SSSR count). The molecule has 23 heavy (non-hydrogen) atoms. The maximum atomic E-state index is 12.0. The van der Waals surface area contributed by atoms with Gasteiger partial charge in [-0.15, -0.1) is 0 Å². The van der Waals surface area contributed by atoms with Crippen molar-refractivity contribution in [2.75, 3.05) is 5.32 Å². The molecule has 0 aliphatic rings. The zero-order chi connectivity index (χ0) is 16.4. The van der Waals surface area contributed by atoms with Gasteiger partial charge in [0.05, 0.1) is 28.4 Å². The van der Waals surface area contributed by atoms with Gasteiger partial charge in [0.15, 0.2) is 5.82 Å². The fourth-order valence-corrected chi connectivity index (χ4v) is 2.39. The molecule has 0 radical (unpaired) electrons. The van der Waals surface area contributed by atoms with Gasteiger partial charge >= 0.3 is 0 Å². The molecule has 0 atom stereocenters. The van der Waals surface area contributed by atoms with Gasteiger partial charge in [-0.2, -0.15) is 10.2 Å². The number of carbonyl (C=O) groups is 1. The van der Waals surface area contributed by atoms with Crippen molar-refractivity contribution in [3.05, 3.63) is 64.0 Å². The molecule has 0 aliphatic carbocycles. The van der Waals surface area contributed by atoms with Gasteiger partial charge in [0.2, 0.25) is 0 Å². The van der Waals surface area contributed by atoms with Crippen molar-refractivity contribution < 1.29 is 4.79 Å². The third-order valence-corrected chi connectivity index (χ3v) is 3.92. The Morgan fingerprint density at radius 2 is 2.09 bits per heavy atom. The van der Waals surface area contributed by atoms with Gasteiger partial charge in [0, 0.05) is 25.5 Å². The molecule has 0 fully saturated rings. The van der Waals surface area contributed by atoms with E-state index in [9.17, 15) is 4.79 Å². The molecule has 0 bridgehead atoms. The van der Waals surface area contributed by atoms with Gasteiger partial charge in [-0.25, -0.2) is 0 Å². The Morgan fingerprint density at radius 1 is 1.26 bits per heavy atom. The second kappa shape index (κ2) is 6.44. The molecule has 2 heterocycles. The highest BCUT2D eigenvalue weighted by atomic mass is 35.5. The first-order valence-electron chi connectivity index (χ1n) is 6.78. The monoisotopic (exact) mass is 349 g/mol. The van der Waals surface area contributed by atoms with Crippen LogP contribution in [0.5, 0.6) is 0 Å². The number of nitrogens with zero attached hydrogens (tertiary/aromatic N) is 4. The van der Waals surface area contributed by atoms with Crippen LogP contribution < -0.4 is 5.32 Å². The van der Waals surface area contributed by atoms with E-state index in [1.165, 1.54) is 6.20 Å². The van der Waals surface area contributed by atoms with Crippen molar-refractivity contribution in [2.24, 2.45) is 7.05 Å². The first-order chi connectivity index (χ1) is 11.0. The average molecular weight is 350 g/mol. The maximum Gasteiger partial charge on any atom is 0.260 e. The number of hydrogen-bond acceptors (Lipinski definition) is 3. The molecule has 0 saturated carbocycles. The van der Waals surface area contributed by atoms with E-state index < -0.39 is 0 Å². The lowest BCUT2D eigenvalue weighted by Crippen LogP contribution is -2.12. The van der Waals surface area contributed by atoms with Crippen molar-refractivity contribution in [1.82, 2.24) is 19.6 Å². The summed E-state index contributed by atoms with van der Waals surface area (Å²) < 4.78 is 3.27. The number of aryl methyl sites for hydroxylation is 1. The van der Waals surface area contributed by atoms with Crippen molar-refractivity contribution >= 4 is 34.9 Å². The highest BCUT2D eigenvalue weighted by Gasteiger charge is 2.10. The fraction of sp³-hybridized carbons (Fsp3) is 0.133. The van der Waals surface area contributed by atoms with Gasteiger partial charge in [0.1, 0.15) is 0 Å². The van der Waals surface area contributed by atoms with Crippen LogP contribution in [0.4, 0.5) is 5.82 Å². The number of hydrogen-bond donors (Lipinski definition) is 1. The zero-order valence-electron chi connectivity index (χ0n) is 12.2. The quantitative estimate of drug-likeness (QED) is 0.786. The summed E-state index contributed by atoms with van der Waals surface area (Å²) in [5, 5.41) is 12.0. The molecule has 118 valence electrons. The Balaban J connectivity index is 1.68. The predicted molar refractivity (Wildman–Crippen MR) is 89.0 cm³/mol. The van der Waals surface area contributed by atoms with E-state index in [0.717, 1.165) is 5.56 Å². The summed E-state index contributed by atoms with van der Waals surface area (Å²) in [5.74, 6) is 0.219. The first kappa shape index (κ1) is 15.6. The molecule has 3 aromatic rings. The lowest BCUT2D eigenvalue weighted by atomic mass is 10.2. The fourth-order valence-electron chi connectivity index (χ4n) is 2.07. The normalized spacial score (nSPS) is 10.7. The molecule has 6 nitrogen and oxygen atoms in total. The van der Waals surface area contributed by atoms with Crippen molar-refractivity contribution in [3.63, 3.8) is 0 Å². The van der Waals surface area contributed by atoms with E-state index in [1.807, 2.05) is 6.07 Å². The topological polar surface area (TPSA) is 64.7 Å². The van der Waals surface area contributed by atoms with E-state index >= 15 is 0 Å². The van der Waals surface area contributed by atoms with Gasteiger partial charge in [-0.05, 0) is 17.7 Å². The number of carbonyl (C=O) groups excluding carboxylic acids is 1. The number of aromatic nitrogens is 4. The van der Waals surface area contributed by atoms with E-state index in [1.54, 1.807) is 47.0 Å². The van der Waals surface area contributed by atoms with Crippen LogP contribution >= 0.6 is 23.2 Å². The zero-order valence-corrected chi connectivity index (χ0v) is 13.7. The molecule has 0 unspecified atom stereocenters. The van der Waals surface area contributed by atoms with E-state index in [-0.39, 0.29) is 5.91 Å². The third kappa shape index (κ3) is 3.72. The highest BCUT2D eigenvalue weighted by Crippen LogP contribution is 2.23. The first-order valence-corrected chi connectivity index (χ1v) is 7.54. The predicted octanol–water partition coefficient (Wildman–Crippen LogP) is 3.22. The van der Waals surface area contributed by atoms with Crippen LogP contribution in [0.15, 0.2) is 42.9 Å². The maximum absolute atomic E-state index is 12.0. The Kier molecular flexibility index (Phi) is 4.36. The van der Waals surface area contributed by atoms with E-state index in [0.29, 0.717) is 28.0 Å². The SMILES string of the molecule is Cn1cc(C(=O)Nc2ccn(Cc3ccc(Cl)c(Cl)c3)n2)cn1. The molecule has 1 amide bonds. The molecule has 2 aromatic heterocycles. The Hall–Kier alpha value is -2.31. The standard InChI is InChI=1S/C15H13Cl2N5O/c1-21-9-11(7-18-21)15(23)19-14-4-5-22(20-14)8-10-2-3-12(16)13(17)6-10/h2-7,9H,8H2,1H3,(H,19,20,23). The molecular weight excluding hydrogens is 337 g/mol. The lowest BCUT2D eigenvalue weighted by Gasteiger charge is -2.04. The van der Waals surface area contributed by atoms with Crippen LogP contribution in [0.25, 0.3) is 0 Å². The molecular formula is C15H13Cl2N5O. The minimum atomic E-state index is -0.252. The molecule has 0 aliphatic heterocycles.